The summed E-state index contributed by atoms with van der Waals surface area (Å²) in [4.78, 5) is 4.74. The zero-order chi connectivity index (χ0) is 10.8. The lowest BCUT2D eigenvalue weighted by molar-refractivity contribution is 0.0351. The molecule has 0 N–H and O–H groups in total. The number of piperazine rings is 1. The zero-order valence-corrected chi connectivity index (χ0v) is 9.75. The average molecular weight is 195 g/mol. The fraction of sp³-hybridized carbons (Fsp3) is 0.909. The Morgan fingerprint density at radius 2 is 2.00 bits per heavy atom. The van der Waals surface area contributed by atoms with Crippen LogP contribution in [0.3, 0.4) is 0 Å². The van der Waals surface area contributed by atoms with Gasteiger partial charge in [-0.05, 0) is 27.7 Å². The monoisotopic (exact) mass is 195 g/mol. The van der Waals surface area contributed by atoms with Crippen molar-refractivity contribution in [2.75, 3.05) is 26.2 Å². The lowest BCUT2D eigenvalue weighted by Gasteiger charge is -2.45. The number of hydrogen-bond acceptors (Lipinski definition) is 3. The van der Waals surface area contributed by atoms with Crippen molar-refractivity contribution < 1.29 is 0 Å². The smallest absolute Gasteiger partial charge is 0.0869 e. The molecule has 1 atom stereocenters. The van der Waals surface area contributed by atoms with Crippen LogP contribution in [0.4, 0.5) is 0 Å². The second-order valence-electron chi connectivity index (χ2n) is 5.09. The van der Waals surface area contributed by atoms with Crippen LogP contribution in [0, 0.1) is 11.3 Å². The maximum atomic E-state index is 8.66. The van der Waals surface area contributed by atoms with E-state index < -0.39 is 0 Å². The van der Waals surface area contributed by atoms with Crippen molar-refractivity contribution in [1.29, 1.82) is 5.26 Å². The van der Waals surface area contributed by atoms with Crippen LogP contribution in [0.15, 0.2) is 0 Å². The quantitative estimate of drug-likeness (QED) is 0.591. The molecule has 1 rings (SSSR count). The van der Waals surface area contributed by atoms with Gasteiger partial charge in [0.1, 0.15) is 0 Å². The highest BCUT2D eigenvalue weighted by molar-refractivity contribution is 4.89. The van der Waals surface area contributed by atoms with Gasteiger partial charge in [-0.2, -0.15) is 5.26 Å². The molecule has 1 saturated heterocycles. The molecule has 0 radical (unpaired) electrons. The van der Waals surface area contributed by atoms with E-state index in [-0.39, 0.29) is 5.54 Å². The van der Waals surface area contributed by atoms with E-state index in [1.165, 1.54) is 0 Å². The molecule has 14 heavy (non-hydrogen) atoms. The van der Waals surface area contributed by atoms with Gasteiger partial charge in [-0.25, -0.2) is 0 Å². The highest BCUT2D eigenvalue weighted by atomic mass is 15.3. The number of nitriles is 1. The van der Waals surface area contributed by atoms with Crippen LogP contribution in [-0.2, 0) is 0 Å². The van der Waals surface area contributed by atoms with E-state index in [0.717, 1.165) is 19.6 Å². The van der Waals surface area contributed by atoms with Crippen LogP contribution in [0.25, 0.3) is 0 Å². The highest BCUT2D eigenvalue weighted by Gasteiger charge is 2.29. The van der Waals surface area contributed by atoms with Crippen LogP contribution < -0.4 is 0 Å². The average Bonchev–Trinajstić information content (AvgIpc) is 2.07. The van der Waals surface area contributed by atoms with Crippen LogP contribution >= 0.6 is 0 Å². The molecule has 0 aliphatic carbocycles. The third kappa shape index (κ3) is 2.70. The van der Waals surface area contributed by atoms with Gasteiger partial charge in [0, 0.05) is 31.2 Å². The van der Waals surface area contributed by atoms with Crippen LogP contribution in [0.5, 0.6) is 0 Å². The Kier molecular flexibility index (Phi) is 3.52. The Morgan fingerprint density at radius 1 is 1.36 bits per heavy atom. The molecule has 1 fully saturated rings. The number of hydrogen-bond donors (Lipinski definition) is 0. The molecule has 80 valence electrons. The fourth-order valence-corrected chi connectivity index (χ4v) is 1.93. The van der Waals surface area contributed by atoms with Gasteiger partial charge >= 0.3 is 0 Å². The van der Waals surface area contributed by atoms with E-state index in [2.05, 4.69) is 43.6 Å². The SMILES string of the molecule is C[C@H]1CN(C(C)(C)C)CCN1CC#N. The summed E-state index contributed by atoms with van der Waals surface area (Å²) < 4.78 is 0. The van der Waals surface area contributed by atoms with Gasteiger partial charge in [0.2, 0.25) is 0 Å². The Morgan fingerprint density at radius 3 is 2.43 bits per heavy atom. The minimum absolute atomic E-state index is 0.257. The first-order chi connectivity index (χ1) is 6.45. The van der Waals surface area contributed by atoms with Gasteiger partial charge in [0.15, 0.2) is 0 Å². The van der Waals surface area contributed by atoms with Crippen LogP contribution in [0.2, 0.25) is 0 Å². The van der Waals surface area contributed by atoms with Gasteiger partial charge < -0.3 is 0 Å². The Bertz CT molecular complexity index is 224. The van der Waals surface area contributed by atoms with Gasteiger partial charge in [-0.3, -0.25) is 9.80 Å². The second kappa shape index (κ2) is 4.29. The topological polar surface area (TPSA) is 30.3 Å². The predicted octanol–water partition coefficient (Wildman–Crippen LogP) is 1.31. The molecule has 1 aliphatic heterocycles. The van der Waals surface area contributed by atoms with Gasteiger partial charge in [0.05, 0.1) is 12.6 Å². The Labute approximate surface area is 87.3 Å². The van der Waals surface area contributed by atoms with Gasteiger partial charge in [0.25, 0.3) is 0 Å². The van der Waals surface area contributed by atoms with Gasteiger partial charge in [-0.15, -0.1) is 0 Å². The molecular formula is C11H21N3. The summed E-state index contributed by atoms with van der Waals surface area (Å²) in [6.45, 7) is 12.7. The molecule has 0 spiro atoms. The largest absolute Gasteiger partial charge is 0.296 e. The molecular weight excluding hydrogens is 174 g/mol. The van der Waals surface area contributed by atoms with Crippen molar-refractivity contribution in [3.05, 3.63) is 0 Å². The zero-order valence-electron chi connectivity index (χ0n) is 9.75. The first kappa shape index (κ1) is 11.5. The third-order valence-electron chi connectivity index (χ3n) is 2.99. The summed E-state index contributed by atoms with van der Waals surface area (Å²) in [6.07, 6.45) is 0. The maximum Gasteiger partial charge on any atom is 0.0869 e. The predicted molar refractivity (Wildman–Crippen MR) is 58.0 cm³/mol. The Hall–Kier alpha value is -0.590. The maximum absolute atomic E-state index is 8.66. The first-order valence-corrected chi connectivity index (χ1v) is 5.31. The summed E-state index contributed by atoms with van der Waals surface area (Å²) in [5.74, 6) is 0. The van der Waals surface area contributed by atoms with Crippen molar-refractivity contribution in [2.24, 2.45) is 0 Å². The summed E-state index contributed by atoms with van der Waals surface area (Å²) in [6, 6.07) is 2.73. The molecule has 1 aliphatic rings. The van der Waals surface area contributed by atoms with E-state index in [4.69, 9.17) is 5.26 Å². The van der Waals surface area contributed by atoms with Crippen molar-refractivity contribution >= 4 is 0 Å². The fourth-order valence-electron chi connectivity index (χ4n) is 1.93. The third-order valence-corrected chi connectivity index (χ3v) is 2.99. The number of nitrogens with zero attached hydrogens (tertiary/aromatic N) is 3. The first-order valence-electron chi connectivity index (χ1n) is 5.31. The molecule has 0 aromatic carbocycles. The molecule has 0 saturated carbocycles. The van der Waals surface area contributed by atoms with Crippen molar-refractivity contribution in [2.45, 2.75) is 39.3 Å². The molecule has 0 aromatic rings. The summed E-state index contributed by atoms with van der Waals surface area (Å²) in [7, 11) is 0. The summed E-state index contributed by atoms with van der Waals surface area (Å²) >= 11 is 0. The number of rotatable bonds is 1. The lowest BCUT2D eigenvalue weighted by Crippen LogP contribution is -2.57. The molecule has 0 aromatic heterocycles. The molecule has 3 nitrogen and oxygen atoms in total. The van der Waals surface area contributed by atoms with Gasteiger partial charge in [-0.1, -0.05) is 0 Å². The van der Waals surface area contributed by atoms with E-state index in [9.17, 15) is 0 Å². The highest BCUT2D eigenvalue weighted by Crippen LogP contribution is 2.18. The second-order valence-corrected chi connectivity index (χ2v) is 5.09. The molecule has 0 unspecified atom stereocenters. The molecule has 0 amide bonds. The summed E-state index contributed by atoms with van der Waals surface area (Å²) in [5, 5.41) is 8.66. The van der Waals surface area contributed by atoms with E-state index in [1.54, 1.807) is 0 Å². The minimum atomic E-state index is 0.257. The molecule has 0 bridgehead atoms. The van der Waals surface area contributed by atoms with E-state index in [1.807, 2.05) is 0 Å². The van der Waals surface area contributed by atoms with Crippen LogP contribution in [-0.4, -0.2) is 47.6 Å². The summed E-state index contributed by atoms with van der Waals surface area (Å²) in [5.41, 5.74) is 0.257. The Balaban J connectivity index is 2.52. The van der Waals surface area contributed by atoms with E-state index in [0.29, 0.717) is 12.6 Å². The molecule has 1 heterocycles. The molecule has 3 heteroatoms. The normalized spacial score (nSPS) is 26.1. The van der Waals surface area contributed by atoms with Crippen molar-refractivity contribution in [1.82, 2.24) is 9.80 Å². The minimum Gasteiger partial charge on any atom is -0.296 e. The standard InChI is InChI=1S/C11H21N3/c1-10-9-14(11(2,3)4)8-7-13(10)6-5-12/h10H,6-9H2,1-4H3/t10-/m0/s1. The van der Waals surface area contributed by atoms with E-state index >= 15 is 0 Å². The van der Waals surface area contributed by atoms with Crippen LogP contribution in [0.1, 0.15) is 27.7 Å². The van der Waals surface area contributed by atoms with Crippen molar-refractivity contribution in [3.63, 3.8) is 0 Å². The van der Waals surface area contributed by atoms with Crippen molar-refractivity contribution in [3.8, 4) is 6.07 Å². The lowest BCUT2D eigenvalue weighted by atomic mass is 10.0.